The molecule has 2 aromatic carbocycles. The molecule has 2 atom stereocenters. The van der Waals surface area contributed by atoms with Crippen LogP contribution < -0.4 is 9.47 Å². The van der Waals surface area contributed by atoms with E-state index in [0.717, 1.165) is 27.5 Å². The standard InChI is InChI=1S/C18H11BrO2/c19-10-5-6-14-12(9-10)18-16(21-14)8-7-15-17(18)11-3-1-2-4-13(11)20-15/h1-9,17-18H. The highest BCUT2D eigenvalue weighted by atomic mass is 79.9. The molecule has 0 amide bonds. The van der Waals surface area contributed by atoms with E-state index in [0.29, 0.717) is 0 Å². The number of ether oxygens (including phenoxy) is 2. The van der Waals surface area contributed by atoms with Crippen molar-refractivity contribution in [3.05, 3.63) is 81.7 Å². The molecule has 21 heavy (non-hydrogen) atoms. The number of benzene rings is 2. The number of fused-ring (bicyclic) bond motifs is 7. The summed E-state index contributed by atoms with van der Waals surface area (Å²) in [7, 11) is 0. The van der Waals surface area contributed by atoms with Gasteiger partial charge in [0.2, 0.25) is 0 Å². The molecule has 1 aliphatic carbocycles. The Morgan fingerprint density at radius 3 is 2.24 bits per heavy atom. The Morgan fingerprint density at radius 2 is 1.43 bits per heavy atom. The lowest BCUT2D eigenvalue weighted by Crippen LogP contribution is -2.14. The molecule has 0 fully saturated rings. The molecular weight excluding hydrogens is 328 g/mol. The summed E-state index contributed by atoms with van der Waals surface area (Å²) in [5.74, 6) is 4.37. The van der Waals surface area contributed by atoms with Gasteiger partial charge in [-0.15, -0.1) is 0 Å². The fraction of sp³-hybridized carbons (Fsp3) is 0.111. The molecule has 2 heterocycles. The molecule has 2 unspecified atom stereocenters. The first-order valence-electron chi connectivity index (χ1n) is 6.97. The van der Waals surface area contributed by atoms with E-state index in [1.165, 1.54) is 11.1 Å². The van der Waals surface area contributed by atoms with Crippen LogP contribution in [0.3, 0.4) is 0 Å². The molecule has 0 radical (unpaired) electrons. The van der Waals surface area contributed by atoms with Crippen LogP contribution in [0.2, 0.25) is 0 Å². The molecule has 2 nitrogen and oxygen atoms in total. The molecule has 5 rings (SSSR count). The molecule has 2 aromatic rings. The van der Waals surface area contributed by atoms with Crippen LogP contribution in [0.1, 0.15) is 23.0 Å². The Balaban J connectivity index is 1.72. The second kappa shape index (κ2) is 4.01. The summed E-state index contributed by atoms with van der Waals surface area (Å²) in [6.45, 7) is 0. The minimum absolute atomic E-state index is 0.209. The van der Waals surface area contributed by atoms with Gasteiger partial charge in [-0.1, -0.05) is 34.1 Å². The fourth-order valence-electron chi connectivity index (χ4n) is 3.50. The molecule has 0 bridgehead atoms. The predicted octanol–water partition coefficient (Wildman–Crippen LogP) is 4.88. The normalized spacial score (nSPS) is 23.9. The van der Waals surface area contributed by atoms with Crippen molar-refractivity contribution in [3.8, 4) is 11.5 Å². The first kappa shape index (κ1) is 11.6. The maximum absolute atomic E-state index is 6.03. The number of hydrogen-bond acceptors (Lipinski definition) is 2. The van der Waals surface area contributed by atoms with Crippen LogP contribution in [0.25, 0.3) is 0 Å². The third-order valence-electron chi connectivity index (χ3n) is 4.37. The molecule has 0 spiro atoms. The summed E-state index contributed by atoms with van der Waals surface area (Å²) in [6, 6.07) is 14.5. The van der Waals surface area contributed by atoms with Crippen molar-refractivity contribution in [2.45, 2.75) is 11.8 Å². The van der Waals surface area contributed by atoms with Gasteiger partial charge >= 0.3 is 0 Å². The molecule has 102 valence electrons. The van der Waals surface area contributed by atoms with Gasteiger partial charge in [0.25, 0.3) is 0 Å². The van der Waals surface area contributed by atoms with E-state index in [1.807, 2.05) is 36.4 Å². The topological polar surface area (TPSA) is 18.5 Å². The summed E-state index contributed by atoms with van der Waals surface area (Å²) in [4.78, 5) is 0. The van der Waals surface area contributed by atoms with Crippen molar-refractivity contribution in [3.63, 3.8) is 0 Å². The monoisotopic (exact) mass is 338 g/mol. The molecule has 0 N–H and O–H groups in total. The zero-order chi connectivity index (χ0) is 14.0. The Morgan fingerprint density at radius 1 is 0.762 bits per heavy atom. The van der Waals surface area contributed by atoms with Crippen LogP contribution in [0.4, 0.5) is 0 Å². The van der Waals surface area contributed by atoms with Gasteiger partial charge in [-0.3, -0.25) is 0 Å². The van der Waals surface area contributed by atoms with Crippen LogP contribution in [0.5, 0.6) is 11.5 Å². The smallest absolute Gasteiger partial charge is 0.131 e. The number of para-hydroxylation sites is 1. The molecule has 3 aliphatic rings. The quantitative estimate of drug-likeness (QED) is 0.681. The zero-order valence-corrected chi connectivity index (χ0v) is 12.6. The summed E-state index contributed by atoms with van der Waals surface area (Å²) in [5.41, 5.74) is 2.47. The molecular formula is C18H11BrO2. The van der Waals surface area contributed by atoms with Gasteiger partial charge in [0.15, 0.2) is 0 Å². The van der Waals surface area contributed by atoms with Crippen molar-refractivity contribution in [1.82, 2.24) is 0 Å². The molecule has 0 saturated carbocycles. The van der Waals surface area contributed by atoms with Crippen LogP contribution in [0.15, 0.2) is 70.6 Å². The molecule has 3 heteroatoms. The lowest BCUT2D eigenvalue weighted by Gasteiger charge is -2.22. The first-order valence-corrected chi connectivity index (χ1v) is 7.76. The van der Waals surface area contributed by atoms with Gasteiger partial charge in [0.05, 0.1) is 11.8 Å². The second-order valence-corrected chi connectivity index (χ2v) is 6.43. The SMILES string of the molecule is Brc1ccc2c(c1)C1C(=CC=C3Oc4ccccc4C31)O2. The highest BCUT2D eigenvalue weighted by molar-refractivity contribution is 9.10. The largest absolute Gasteiger partial charge is 0.461 e. The summed E-state index contributed by atoms with van der Waals surface area (Å²) in [6.07, 6.45) is 4.08. The number of hydrogen-bond donors (Lipinski definition) is 0. The van der Waals surface area contributed by atoms with E-state index in [1.54, 1.807) is 0 Å². The minimum Gasteiger partial charge on any atom is -0.461 e. The van der Waals surface area contributed by atoms with E-state index >= 15 is 0 Å². The van der Waals surface area contributed by atoms with Crippen LogP contribution >= 0.6 is 15.9 Å². The highest BCUT2D eigenvalue weighted by Gasteiger charge is 2.45. The lowest BCUT2D eigenvalue weighted by molar-refractivity contribution is 0.377. The lowest BCUT2D eigenvalue weighted by atomic mass is 9.78. The van der Waals surface area contributed by atoms with E-state index < -0.39 is 0 Å². The van der Waals surface area contributed by atoms with Crippen molar-refractivity contribution in [1.29, 1.82) is 0 Å². The van der Waals surface area contributed by atoms with E-state index in [-0.39, 0.29) is 11.8 Å². The predicted molar refractivity (Wildman–Crippen MR) is 83.5 cm³/mol. The van der Waals surface area contributed by atoms with Crippen molar-refractivity contribution in [2.24, 2.45) is 0 Å². The molecule has 0 saturated heterocycles. The fourth-order valence-corrected chi connectivity index (χ4v) is 3.88. The van der Waals surface area contributed by atoms with Gasteiger partial charge < -0.3 is 9.47 Å². The minimum atomic E-state index is 0.209. The average molecular weight is 339 g/mol. The van der Waals surface area contributed by atoms with E-state index in [9.17, 15) is 0 Å². The summed E-state index contributed by atoms with van der Waals surface area (Å²) >= 11 is 3.56. The van der Waals surface area contributed by atoms with Crippen molar-refractivity contribution >= 4 is 15.9 Å². The average Bonchev–Trinajstić information content (AvgIpc) is 3.04. The van der Waals surface area contributed by atoms with Gasteiger partial charge in [0, 0.05) is 15.6 Å². The number of halogens is 1. The van der Waals surface area contributed by atoms with Gasteiger partial charge in [-0.05, 0) is 36.4 Å². The second-order valence-electron chi connectivity index (χ2n) is 5.52. The number of allylic oxidation sites excluding steroid dienone is 4. The summed E-state index contributed by atoms with van der Waals surface area (Å²) < 4.78 is 13.1. The third-order valence-corrected chi connectivity index (χ3v) is 4.87. The van der Waals surface area contributed by atoms with Crippen LogP contribution in [0, 0.1) is 0 Å². The number of rotatable bonds is 0. The van der Waals surface area contributed by atoms with Gasteiger partial charge in [-0.2, -0.15) is 0 Å². The molecule has 2 aliphatic heterocycles. The zero-order valence-electron chi connectivity index (χ0n) is 11.0. The Labute approximate surface area is 130 Å². The first-order chi connectivity index (χ1) is 10.3. The van der Waals surface area contributed by atoms with Crippen molar-refractivity contribution < 1.29 is 9.47 Å². The molecule has 0 aromatic heterocycles. The Kier molecular flexibility index (Phi) is 2.22. The maximum Gasteiger partial charge on any atom is 0.131 e. The Hall–Kier alpha value is -2.00. The highest BCUT2D eigenvalue weighted by Crippen LogP contribution is 2.57. The van der Waals surface area contributed by atoms with E-state index in [2.05, 4.69) is 34.1 Å². The Bertz CT molecular complexity index is 835. The summed E-state index contributed by atoms with van der Waals surface area (Å²) in [5, 5.41) is 0. The van der Waals surface area contributed by atoms with Gasteiger partial charge in [0.1, 0.15) is 23.0 Å². The van der Waals surface area contributed by atoms with E-state index in [4.69, 9.17) is 9.47 Å². The van der Waals surface area contributed by atoms with Crippen molar-refractivity contribution in [2.75, 3.05) is 0 Å². The van der Waals surface area contributed by atoms with Crippen LogP contribution in [-0.4, -0.2) is 0 Å². The maximum atomic E-state index is 6.03. The van der Waals surface area contributed by atoms with Gasteiger partial charge in [-0.25, -0.2) is 0 Å². The van der Waals surface area contributed by atoms with Crippen LogP contribution in [-0.2, 0) is 0 Å². The third kappa shape index (κ3) is 1.52.